The lowest BCUT2D eigenvalue weighted by Gasteiger charge is -1.83. The Morgan fingerprint density at radius 1 is 1.43 bits per heavy atom. The zero-order valence-corrected chi connectivity index (χ0v) is 5.80. The van der Waals surface area contributed by atoms with Crippen molar-refractivity contribution in [3.8, 4) is 11.2 Å². The predicted octanol–water partition coefficient (Wildman–Crippen LogP) is 1.97. The molecule has 0 saturated carbocycles. The van der Waals surface area contributed by atoms with Crippen molar-refractivity contribution in [1.29, 1.82) is 0 Å². The number of thioether (sulfide) groups is 1. The Balaban J connectivity index is 3.24. The average Bonchev–Trinajstić information content (AvgIpc) is 1.61. The summed E-state index contributed by atoms with van der Waals surface area (Å²) in [6.45, 7) is 4.17. The second kappa shape index (κ2) is 4.08. The highest BCUT2D eigenvalue weighted by atomic mass is 32.2. The van der Waals surface area contributed by atoms with E-state index in [4.69, 9.17) is 0 Å². The van der Waals surface area contributed by atoms with Gasteiger partial charge in [-0.3, -0.25) is 0 Å². The van der Waals surface area contributed by atoms with E-state index in [1.54, 1.807) is 11.8 Å². The molecule has 40 valence electrons. The molecule has 0 aromatic heterocycles. The summed E-state index contributed by atoms with van der Waals surface area (Å²) in [5.41, 5.74) is 0. The average molecular weight is 114 g/mol. The Kier molecular flexibility index (Phi) is 4.03. The SMILES string of the molecule is CSC#CC(C)C. The minimum absolute atomic E-state index is 0.521. The highest BCUT2D eigenvalue weighted by Crippen LogP contribution is 1.90. The van der Waals surface area contributed by atoms with Gasteiger partial charge in [0.25, 0.3) is 0 Å². The molecule has 0 nitrogen and oxygen atoms in total. The summed E-state index contributed by atoms with van der Waals surface area (Å²) in [4.78, 5) is 0. The van der Waals surface area contributed by atoms with Crippen LogP contribution >= 0.6 is 11.8 Å². The molecule has 0 amide bonds. The van der Waals surface area contributed by atoms with Gasteiger partial charge < -0.3 is 0 Å². The Hall–Kier alpha value is -0.0900. The third-order valence-corrected chi connectivity index (χ3v) is 0.772. The van der Waals surface area contributed by atoms with E-state index >= 15 is 0 Å². The quantitative estimate of drug-likeness (QED) is 0.434. The Labute approximate surface area is 49.7 Å². The van der Waals surface area contributed by atoms with E-state index in [0.717, 1.165) is 0 Å². The highest BCUT2D eigenvalue weighted by molar-refractivity contribution is 8.03. The molecule has 0 aliphatic rings. The van der Waals surface area contributed by atoms with E-state index < -0.39 is 0 Å². The smallest absolute Gasteiger partial charge is 0.0155 e. The predicted molar refractivity (Wildman–Crippen MR) is 36.1 cm³/mol. The molecule has 0 heterocycles. The maximum Gasteiger partial charge on any atom is 0.0155 e. The summed E-state index contributed by atoms with van der Waals surface area (Å²) in [6, 6.07) is 0. The lowest BCUT2D eigenvalue weighted by atomic mass is 10.2. The summed E-state index contributed by atoms with van der Waals surface area (Å²) >= 11 is 1.57. The van der Waals surface area contributed by atoms with E-state index in [9.17, 15) is 0 Å². The molecule has 0 fully saturated rings. The zero-order valence-electron chi connectivity index (χ0n) is 4.99. The van der Waals surface area contributed by atoms with Gasteiger partial charge in [0.2, 0.25) is 0 Å². The highest BCUT2D eigenvalue weighted by Gasteiger charge is 1.77. The molecule has 0 rings (SSSR count). The van der Waals surface area contributed by atoms with E-state index in [2.05, 4.69) is 25.0 Å². The molecular formula is C6H10S. The molecular weight excluding hydrogens is 104 g/mol. The molecule has 0 unspecified atom stereocenters. The number of rotatable bonds is 0. The van der Waals surface area contributed by atoms with Gasteiger partial charge in [0, 0.05) is 5.92 Å². The molecule has 0 aromatic carbocycles. The van der Waals surface area contributed by atoms with Gasteiger partial charge in [0.05, 0.1) is 0 Å². The molecule has 0 aliphatic carbocycles. The largest absolute Gasteiger partial charge is 0.0885 e. The first-order chi connectivity index (χ1) is 3.27. The first-order valence-corrected chi connectivity index (χ1v) is 3.53. The van der Waals surface area contributed by atoms with E-state index in [1.807, 2.05) is 6.26 Å². The van der Waals surface area contributed by atoms with Crippen molar-refractivity contribution in [2.45, 2.75) is 13.8 Å². The topological polar surface area (TPSA) is 0 Å². The fraction of sp³-hybridized carbons (Fsp3) is 0.667. The third-order valence-electron chi connectivity index (χ3n) is 0.450. The van der Waals surface area contributed by atoms with Crippen LogP contribution in [0.15, 0.2) is 0 Å². The summed E-state index contributed by atoms with van der Waals surface area (Å²) in [5, 5.41) is 2.91. The van der Waals surface area contributed by atoms with Gasteiger partial charge in [-0.15, -0.1) is 0 Å². The summed E-state index contributed by atoms with van der Waals surface area (Å²) in [6.07, 6.45) is 1.98. The van der Waals surface area contributed by atoms with Crippen LogP contribution in [0.1, 0.15) is 13.8 Å². The van der Waals surface area contributed by atoms with E-state index in [0.29, 0.717) is 5.92 Å². The Morgan fingerprint density at radius 2 is 2.00 bits per heavy atom. The van der Waals surface area contributed by atoms with Gasteiger partial charge in [-0.1, -0.05) is 31.5 Å². The van der Waals surface area contributed by atoms with Crippen LogP contribution in [0.4, 0.5) is 0 Å². The van der Waals surface area contributed by atoms with Crippen molar-refractivity contribution in [3.05, 3.63) is 0 Å². The molecule has 0 bridgehead atoms. The van der Waals surface area contributed by atoms with Crippen molar-refractivity contribution >= 4 is 11.8 Å². The zero-order chi connectivity index (χ0) is 5.70. The summed E-state index contributed by atoms with van der Waals surface area (Å²) in [7, 11) is 0. The minimum atomic E-state index is 0.521. The van der Waals surface area contributed by atoms with Crippen molar-refractivity contribution in [2.75, 3.05) is 6.26 Å². The molecule has 1 heteroatoms. The first-order valence-electron chi connectivity index (χ1n) is 2.31. The van der Waals surface area contributed by atoms with Crippen LogP contribution in [0.5, 0.6) is 0 Å². The third kappa shape index (κ3) is 5.91. The van der Waals surface area contributed by atoms with Gasteiger partial charge in [-0.05, 0) is 11.5 Å². The monoisotopic (exact) mass is 114 g/mol. The van der Waals surface area contributed by atoms with Gasteiger partial charge in [-0.25, -0.2) is 0 Å². The summed E-state index contributed by atoms with van der Waals surface area (Å²) in [5.74, 6) is 3.53. The second-order valence-corrected chi connectivity index (χ2v) is 2.22. The molecule has 7 heavy (non-hydrogen) atoms. The first kappa shape index (κ1) is 6.91. The van der Waals surface area contributed by atoms with Gasteiger partial charge >= 0.3 is 0 Å². The van der Waals surface area contributed by atoms with Crippen LogP contribution in [0, 0.1) is 17.1 Å². The molecule has 0 saturated heterocycles. The number of hydrogen-bond donors (Lipinski definition) is 0. The summed E-state index contributed by atoms with van der Waals surface area (Å²) < 4.78 is 0. The maximum absolute atomic E-state index is 3.01. The normalized spacial score (nSPS) is 8.00. The van der Waals surface area contributed by atoms with Crippen LogP contribution in [0.3, 0.4) is 0 Å². The van der Waals surface area contributed by atoms with Crippen LogP contribution in [-0.2, 0) is 0 Å². The molecule has 0 aliphatic heterocycles. The second-order valence-electron chi connectivity index (χ2n) is 1.61. The lowest BCUT2D eigenvalue weighted by Crippen LogP contribution is -1.74. The van der Waals surface area contributed by atoms with Crippen molar-refractivity contribution < 1.29 is 0 Å². The fourth-order valence-electron chi connectivity index (χ4n) is 0.177. The molecule has 0 aromatic rings. The molecule has 0 N–H and O–H groups in total. The van der Waals surface area contributed by atoms with Crippen molar-refractivity contribution in [1.82, 2.24) is 0 Å². The minimum Gasteiger partial charge on any atom is -0.0885 e. The van der Waals surface area contributed by atoms with Crippen LogP contribution in [0.25, 0.3) is 0 Å². The van der Waals surface area contributed by atoms with Gasteiger partial charge in [-0.2, -0.15) is 0 Å². The maximum atomic E-state index is 3.01. The lowest BCUT2D eigenvalue weighted by molar-refractivity contribution is 0.867. The fourth-order valence-corrected chi connectivity index (χ4v) is 0.530. The van der Waals surface area contributed by atoms with Crippen LogP contribution in [-0.4, -0.2) is 6.26 Å². The molecule has 0 atom stereocenters. The standard InChI is InChI=1S/C6H10S/c1-6(2)4-5-7-3/h6H,1-3H3. The van der Waals surface area contributed by atoms with Crippen LogP contribution < -0.4 is 0 Å². The van der Waals surface area contributed by atoms with Gasteiger partial charge in [0.15, 0.2) is 0 Å². The van der Waals surface area contributed by atoms with Crippen LogP contribution in [0.2, 0.25) is 0 Å². The van der Waals surface area contributed by atoms with E-state index in [-0.39, 0.29) is 0 Å². The Bertz CT molecular complexity index is 84.1. The van der Waals surface area contributed by atoms with Crippen molar-refractivity contribution in [2.24, 2.45) is 5.92 Å². The number of hydrogen-bond acceptors (Lipinski definition) is 1. The van der Waals surface area contributed by atoms with E-state index in [1.165, 1.54) is 0 Å². The molecule has 0 radical (unpaired) electrons. The molecule has 0 spiro atoms. The Morgan fingerprint density at radius 3 is 2.14 bits per heavy atom. The van der Waals surface area contributed by atoms with Crippen molar-refractivity contribution in [3.63, 3.8) is 0 Å². The van der Waals surface area contributed by atoms with Gasteiger partial charge in [0.1, 0.15) is 0 Å².